The van der Waals surface area contributed by atoms with E-state index in [9.17, 15) is 14.3 Å². The first-order valence-electron chi connectivity index (χ1n) is 5.17. The van der Waals surface area contributed by atoms with Gasteiger partial charge < -0.3 is 20.7 Å². The molecule has 4 N–H and O–H groups in total. The molecule has 1 aromatic heterocycles. The van der Waals surface area contributed by atoms with Gasteiger partial charge >= 0.3 is 5.69 Å². The zero-order valence-corrected chi connectivity index (χ0v) is 9.23. The largest absolute Gasteiger partial charge is 0.394 e. The molecule has 18 heavy (non-hydrogen) atoms. The lowest BCUT2D eigenvalue weighted by atomic mass is 10.1. The van der Waals surface area contributed by atoms with Crippen LogP contribution < -0.4 is 11.4 Å². The lowest BCUT2D eigenvalue weighted by Gasteiger charge is -2.14. The smallest absolute Gasteiger partial charge is 0.351 e. The molecule has 8 heteroatoms. The molecule has 0 radical (unpaired) electrons. The van der Waals surface area contributed by atoms with Crippen molar-refractivity contribution in [3.8, 4) is 0 Å². The van der Waals surface area contributed by atoms with Crippen molar-refractivity contribution in [2.45, 2.75) is 18.4 Å². The SMILES string of the molecule is Nc1ccn([C@@H]2O[C@H](CO)[C@@H](O)/C2=C\F)c(=O)n1. The summed E-state index contributed by atoms with van der Waals surface area (Å²) in [5.74, 6) is 0.0271. The number of nitrogen functional groups attached to an aromatic ring is 1. The second-order valence-electron chi connectivity index (χ2n) is 3.81. The van der Waals surface area contributed by atoms with Gasteiger partial charge in [0.2, 0.25) is 0 Å². The molecule has 1 saturated heterocycles. The first kappa shape index (κ1) is 12.7. The summed E-state index contributed by atoms with van der Waals surface area (Å²) in [6, 6.07) is 1.35. The van der Waals surface area contributed by atoms with Crippen molar-refractivity contribution in [1.29, 1.82) is 0 Å². The summed E-state index contributed by atoms with van der Waals surface area (Å²) in [5, 5.41) is 18.6. The van der Waals surface area contributed by atoms with Crippen molar-refractivity contribution >= 4 is 5.82 Å². The normalized spacial score (nSPS) is 29.9. The van der Waals surface area contributed by atoms with Gasteiger partial charge in [-0.05, 0) is 6.07 Å². The monoisotopic (exact) mass is 257 g/mol. The number of ether oxygens (including phenoxy) is 1. The van der Waals surface area contributed by atoms with Crippen LogP contribution in [0.25, 0.3) is 0 Å². The minimum absolute atomic E-state index is 0.0271. The first-order valence-corrected chi connectivity index (χ1v) is 5.17. The molecule has 1 fully saturated rings. The zero-order chi connectivity index (χ0) is 13.3. The molecule has 1 aromatic rings. The maximum absolute atomic E-state index is 12.8. The third-order valence-corrected chi connectivity index (χ3v) is 2.69. The first-order chi connectivity index (χ1) is 8.58. The predicted octanol–water partition coefficient (Wildman–Crippen LogP) is -1.07. The Morgan fingerprint density at radius 3 is 2.94 bits per heavy atom. The van der Waals surface area contributed by atoms with Gasteiger partial charge in [0.05, 0.1) is 12.9 Å². The molecule has 0 spiro atoms. The van der Waals surface area contributed by atoms with Gasteiger partial charge in [0.15, 0.2) is 6.23 Å². The van der Waals surface area contributed by atoms with Gasteiger partial charge in [0.25, 0.3) is 0 Å². The van der Waals surface area contributed by atoms with Crippen molar-refractivity contribution < 1.29 is 19.3 Å². The Hall–Kier alpha value is -1.77. The number of aliphatic hydroxyl groups excluding tert-OH is 2. The zero-order valence-electron chi connectivity index (χ0n) is 9.23. The fourth-order valence-corrected chi connectivity index (χ4v) is 1.77. The molecule has 2 heterocycles. The number of nitrogens with two attached hydrogens (primary N) is 1. The summed E-state index contributed by atoms with van der Waals surface area (Å²) in [5.41, 5.74) is 4.45. The Bertz CT molecular complexity index is 530. The summed E-state index contributed by atoms with van der Waals surface area (Å²) < 4.78 is 19.0. The fourth-order valence-electron chi connectivity index (χ4n) is 1.77. The quantitative estimate of drug-likeness (QED) is 0.622. The molecule has 0 bridgehead atoms. The van der Waals surface area contributed by atoms with E-state index in [1.54, 1.807) is 0 Å². The van der Waals surface area contributed by atoms with Gasteiger partial charge in [-0.3, -0.25) is 4.57 Å². The summed E-state index contributed by atoms with van der Waals surface area (Å²) in [6.07, 6.45) is -1.99. The van der Waals surface area contributed by atoms with E-state index in [1.807, 2.05) is 0 Å². The van der Waals surface area contributed by atoms with Crippen LogP contribution in [0.1, 0.15) is 6.23 Å². The second-order valence-corrected chi connectivity index (χ2v) is 3.81. The standard InChI is InChI=1S/C10H12FN3O4/c11-3-5-8(16)6(4-15)18-9(5)14-2-1-7(12)13-10(14)17/h1-3,6,8-9,15-16H,4H2,(H2,12,13,17)/b5-3+/t6-,8+,9-/m1/s1. The molecule has 0 unspecified atom stereocenters. The van der Waals surface area contributed by atoms with E-state index in [4.69, 9.17) is 15.6 Å². The number of rotatable bonds is 2. The van der Waals surface area contributed by atoms with Crippen LogP contribution in [0, 0.1) is 0 Å². The minimum Gasteiger partial charge on any atom is -0.394 e. The molecule has 98 valence electrons. The number of aromatic nitrogens is 2. The van der Waals surface area contributed by atoms with Gasteiger partial charge in [-0.25, -0.2) is 9.18 Å². The van der Waals surface area contributed by atoms with Crippen molar-refractivity contribution in [3.63, 3.8) is 0 Å². The number of aliphatic hydroxyl groups is 2. The van der Waals surface area contributed by atoms with E-state index in [-0.39, 0.29) is 17.7 Å². The maximum Gasteiger partial charge on any atom is 0.351 e. The average molecular weight is 257 g/mol. The number of anilines is 1. The Morgan fingerprint density at radius 2 is 2.39 bits per heavy atom. The van der Waals surface area contributed by atoms with Crippen molar-refractivity contribution in [2.24, 2.45) is 0 Å². The topological polar surface area (TPSA) is 111 Å². The van der Waals surface area contributed by atoms with Gasteiger partial charge in [0.1, 0.15) is 18.0 Å². The van der Waals surface area contributed by atoms with Crippen LogP contribution in [0.4, 0.5) is 10.2 Å². The Labute approximate surface area is 101 Å². The third kappa shape index (κ3) is 2.01. The molecular formula is C10H12FN3O4. The lowest BCUT2D eigenvalue weighted by Crippen LogP contribution is -2.28. The highest BCUT2D eigenvalue weighted by Gasteiger charge is 2.40. The number of hydrogen-bond donors (Lipinski definition) is 3. The number of nitrogens with zero attached hydrogens (tertiary/aromatic N) is 2. The second kappa shape index (κ2) is 4.84. The van der Waals surface area contributed by atoms with Crippen LogP contribution in [0.2, 0.25) is 0 Å². The van der Waals surface area contributed by atoms with Crippen molar-refractivity contribution in [1.82, 2.24) is 9.55 Å². The highest BCUT2D eigenvalue weighted by molar-refractivity contribution is 5.25. The van der Waals surface area contributed by atoms with Crippen molar-refractivity contribution in [3.05, 3.63) is 34.7 Å². The molecule has 1 aliphatic heterocycles. The molecule has 7 nitrogen and oxygen atoms in total. The van der Waals surface area contributed by atoms with Crippen LogP contribution in [-0.4, -0.2) is 38.6 Å². The van der Waals surface area contributed by atoms with E-state index in [2.05, 4.69) is 4.98 Å². The summed E-state index contributed by atoms with van der Waals surface area (Å²) in [6.45, 7) is -0.494. The highest BCUT2D eigenvalue weighted by atomic mass is 19.1. The van der Waals surface area contributed by atoms with E-state index < -0.39 is 30.7 Å². The van der Waals surface area contributed by atoms with E-state index in [0.717, 1.165) is 4.57 Å². The van der Waals surface area contributed by atoms with Crippen LogP contribution in [0.3, 0.4) is 0 Å². The van der Waals surface area contributed by atoms with E-state index in [0.29, 0.717) is 0 Å². The third-order valence-electron chi connectivity index (χ3n) is 2.69. The molecule has 0 saturated carbocycles. The van der Waals surface area contributed by atoms with Crippen LogP contribution in [-0.2, 0) is 4.74 Å². The summed E-state index contributed by atoms with van der Waals surface area (Å²) in [7, 11) is 0. The molecule has 0 aromatic carbocycles. The van der Waals surface area contributed by atoms with E-state index in [1.165, 1.54) is 12.3 Å². The Kier molecular flexibility index (Phi) is 3.41. The highest BCUT2D eigenvalue weighted by Crippen LogP contribution is 2.33. The van der Waals surface area contributed by atoms with Crippen molar-refractivity contribution in [2.75, 3.05) is 12.3 Å². The molecule has 1 aliphatic rings. The predicted molar refractivity (Wildman–Crippen MR) is 59.1 cm³/mol. The fraction of sp³-hybridized carbons (Fsp3) is 0.400. The molecule has 0 aliphatic carbocycles. The lowest BCUT2D eigenvalue weighted by molar-refractivity contribution is -0.0447. The number of hydrogen-bond acceptors (Lipinski definition) is 6. The van der Waals surface area contributed by atoms with Gasteiger partial charge in [-0.15, -0.1) is 0 Å². The summed E-state index contributed by atoms with van der Waals surface area (Å²) >= 11 is 0. The number of halogens is 1. The summed E-state index contributed by atoms with van der Waals surface area (Å²) in [4.78, 5) is 15.1. The Balaban J connectivity index is 2.41. The Morgan fingerprint density at radius 1 is 1.67 bits per heavy atom. The maximum atomic E-state index is 12.8. The molecule has 2 rings (SSSR count). The molecular weight excluding hydrogens is 245 g/mol. The van der Waals surface area contributed by atoms with Crippen LogP contribution >= 0.6 is 0 Å². The van der Waals surface area contributed by atoms with E-state index >= 15 is 0 Å². The van der Waals surface area contributed by atoms with Gasteiger partial charge in [0, 0.05) is 11.8 Å². The van der Waals surface area contributed by atoms with Crippen LogP contribution in [0.5, 0.6) is 0 Å². The van der Waals surface area contributed by atoms with Gasteiger partial charge in [-0.1, -0.05) is 0 Å². The molecule has 3 atom stereocenters. The molecule has 0 amide bonds. The minimum atomic E-state index is -1.31. The van der Waals surface area contributed by atoms with Gasteiger partial charge in [-0.2, -0.15) is 4.98 Å². The van der Waals surface area contributed by atoms with Crippen LogP contribution in [0.15, 0.2) is 29.0 Å². The average Bonchev–Trinajstić information content (AvgIpc) is 2.65.